The zero-order chi connectivity index (χ0) is 28.1. The second-order valence-electron chi connectivity index (χ2n) is 8.67. The average molecular weight is 572 g/mol. The minimum atomic E-state index is -0.542. The van der Waals surface area contributed by atoms with E-state index in [0.717, 1.165) is 22.0 Å². The lowest BCUT2D eigenvalue weighted by atomic mass is 10.0. The molecule has 0 aliphatic heterocycles. The number of hydrogen-bond donors (Lipinski definition) is 2. The third kappa shape index (κ3) is 6.01. The maximum absolute atomic E-state index is 13.2. The summed E-state index contributed by atoms with van der Waals surface area (Å²) in [6.45, 7) is 2.18. The Labute approximate surface area is 240 Å². The normalized spacial score (nSPS) is 11.1. The van der Waals surface area contributed by atoms with E-state index in [1.807, 2.05) is 49.4 Å². The summed E-state index contributed by atoms with van der Waals surface area (Å²) < 4.78 is 11.2. The number of carbonyl (C=O) groups is 2. The predicted molar refractivity (Wildman–Crippen MR) is 158 cm³/mol. The summed E-state index contributed by atoms with van der Waals surface area (Å²) in [4.78, 5) is 28.9. The molecule has 7 nitrogen and oxygen atoms in total. The lowest BCUT2D eigenvalue weighted by Gasteiger charge is -2.11. The molecule has 0 aliphatic rings. The summed E-state index contributed by atoms with van der Waals surface area (Å²) in [6, 6.07) is 26.4. The number of aromatic nitrogens is 1. The van der Waals surface area contributed by atoms with E-state index in [0.29, 0.717) is 39.2 Å². The Morgan fingerprint density at radius 3 is 2.40 bits per heavy atom. The first-order valence-electron chi connectivity index (χ1n) is 12.4. The average Bonchev–Trinajstić information content (AvgIpc) is 3.34. The predicted octanol–water partition coefficient (Wildman–Crippen LogP) is 7.52. The van der Waals surface area contributed by atoms with E-state index in [2.05, 4.69) is 15.5 Å². The van der Waals surface area contributed by atoms with Crippen LogP contribution in [-0.2, 0) is 0 Å². The van der Waals surface area contributed by atoms with Crippen LogP contribution in [0.15, 0.2) is 96.1 Å². The van der Waals surface area contributed by atoms with Gasteiger partial charge in [0.05, 0.1) is 18.4 Å². The Hall–Kier alpha value is -4.59. The number of H-pyrrole nitrogens is 1. The van der Waals surface area contributed by atoms with Gasteiger partial charge in [0.1, 0.15) is 5.69 Å². The van der Waals surface area contributed by atoms with Crippen LogP contribution in [-0.4, -0.2) is 29.7 Å². The molecule has 5 aromatic rings. The van der Waals surface area contributed by atoms with Gasteiger partial charge in [-0.1, -0.05) is 53.5 Å². The first-order chi connectivity index (χ1) is 19.4. The van der Waals surface area contributed by atoms with Gasteiger partial charge in [-0.25, -0.2) is 10.2 Å². The topological polar surface area (TPSA) is 92.8 Å². The van der Waals surface area contributed by atoms with Crippen molar-refractivity contribution in [3.8, 4) is 22.6 Å². The Bertz CT molecular complexity index is 1710. The van der Waals surface area contributed by atoms with Gasteiger partial charge in [0.2, 0.25) is 0 Å². The van der Waals surface area contributed by atoms with Crippen LogP contribution in [0.1, 0.15) is 33.3 Å². The van der Waals surface area contributed by atoms with E-state index in [1.165, 1.54) is 6.21 Å². The number of rotatable bonds is 8. The van der Waals surface area contributed by atoms with Crippen molar-refractivity contribution in [1.82, 2.24) is 10.4 Å². The molecule has 1 heterocycles. The molecule has 200 valence electrons. The van der Waals surface area contributed by atoms with Crippen molar-refractivity contribution in [2.24, 2.45) is 5.10 Å². The van der Waals surface area contributed by atoms with E-state index in [4.69, 9.17) is 32.7 Å². The van der Waals surface area contributed by atoms with Gasteiger partial charge >= 0.3 is 5.97 Å². The second kappa shape index (κ2) is 12.1. The SMILES string of the molecule is CCOc1cc(C=NNC(=O)c2[nH]c3ccc(Cl)cc3c2-c2ccccc2)ccc1OC(=O)c1ccc(Cl)cc1. The highest BCUT2D eigenvalue weighted by molar-refractivity contribution is 6.31. The van der Waals surface area contributed by atoms with Gasteiger partial charge in [-0.2, -0.15) is 5.10 Å². The number of amides is 1. The molecule has 0 spiro atoms. The van der Waals surface area contributed by atoms with E-state index in [9.17, 15) is 9.59 Å². The van der Waals surface area contributed by atoms with Crippen LogP contribution < -0.4 is 14.9 Å². The third-order valence-electron chi connectivity index (χ3n) is 5.98. The molecule has 40 heavy (non-hydrogen) atoms. The largest absolute Gasteiger partial charge is 0.490 e. The second-order valence-corrected chi connectivity index (χ2v) is 9.54. The number of halogens is 2. The molecule has 0 fully saturated rings. The summed E-state index contributed by atoms with van der Waals surface area (Å²) in [5.41, 5.74) is 6.31. The van der Waals surface area contributed by atoms with Gasteiger partial charge in [-0.15, -0.1) is 0 Å². The van der Waals surface area contributed by atoms with E-state index < -0.39 is 11.9 Å². The minimum absolute atomic E-state index is 0.257. The molecule has 0 radical (unpaired) electrons. The molecule has 1 amide bonds. The zero-order valence-corrected chi connectivity index (χ0v) is 22.8. The highest BCUT2D eigenvalue weighted by Gasteiger charge is 2.19. The number of nitrogens with one attached hydrogen (secondary N) is 2. The number of esters is 1. The number of ether oxygens (including phenoxy) is 2. The molecule has 0 saturated heterocycles. The molecule has 5 rings (SSSR count). The van der Waals surface area contributed by atoms with Crippen molar-refractivity contribution in [3.63, 3.8) is 0 Å². The highest BCUT2D eigenvalue weighted by atomic mass is 35.5. The van der Waals surface area contributed by atoms with E-state index in [-0.39, 0.29) is 5.75 Å². The van der Waals surface area contributed by atoms with Gasteiger partial charge in [0.25, 0.3) is 5.91 Å². The molecule has 4 aromatic carbocycles. The Morgan fingerprint density at radius 1 is 0.900 bits per heavy atom. The van der Waals surface area contributed by atoms with Crippen molar-refractivity contribution in [2.45, 2.75) is 6.92 Å². The molecular formula is C31H23Cl2N3O4. The van der Waals surface area contributed by atoms with Gasteiger partial charge in [0, 0.05) is 26.5 Å². The molecule has 0 bridgehead atoms. The monoisotopic (exact) mass is 571 g/mol. The number of aromatic amines is 1. The maximum Gasteiger partial charge on any atom is 0.343 e. The van der Waals surface area contributed by atoms with Crippen LogP contribution in [0, 0.1) is 0 Å². The Kier molecular flexibility index (Phi) is 8.15. The van der Waals surface area contributed by atoms with Gasteiger partial charge in [-0.3, -0.25) is 4.79 Å². The maximum atomic E-state index is 13.2. The van der Waals surface area contributed by atoms with Crippen molar-refractivity contribution < 1.29 is 19.1 Å². The van der Waals surface area contributed by atoms with Crippen LogP contribution >= 0.6 is 23.2 Å². The molecule has 0 unspecified atom stereocenters. The molecule has 2 N–H and O–H groups in total. The smallest absolute Gasteiger partial charge is 0.343 e. The standard InChI is InChI=1S/C31H23Cl2N3O4/c1-2-39-27-16-19(8-15-26(27)40-31(38)21-9-11-22(32)12-10-21)18-34-36-30(37)29-28(20-6-4-3-5-7-20)24-17-23(33)13-14-25(24)35-29/h3-18,35H,2H2,1H3,(H,36,37). The van der Waals surface area contributed by atoms with Gasteiger partial charge < -0.3 is 14.5 Å². The summed E-state index contributed by atoms with van der Waals surface area (Å²) >= 11 is 12.1. The van der Waals surface area contributed by atoms with Crippen molar-refractivity contribution in [3.05, 3.63) is 118 Å². The van der Waals surface area contributed by atoms with Crippen molar-refractivity contribution >= 4 is 52.2 Å². The van der Waals surface area contributed by atoms with Crippen LogP contribution in [0.2, 0.25) is 10.0 Å². The number of benzene rings is 4. The van der Waals surface area contributed by atoms with Crippen LogP contribution in [0.25, 0.3) is 22.0 Å². The highest BCUT2D eigenvalue weighted by Crippen LogP contribution is 2.34. The van der Waals surface area contributed by atoms with E-state index in [1.54, 1.807) is 48.5 Å². The molecular weight excluding hydrogens is 549 g/mol. The number of hydrazone groups is 1. The first kappa shape index (κ1) is 27.0. The lowest BCUT2D eigenvalue weighted by Crippen LogP contribution is -2.18. The Morgan fingerprint density at radius 2 is 1.65 bits per heavy atom. The van der Waals surface area contributed by atoms with Crippen LogP contribution in [0.5, 0.6) is 11.5 Å². The van der Waals surface area contributed by atoms with Crippen molar-refractivity contribution in [2.75, 3.05) is 6.61 Å². The fourth-order valence-electron chi connectivity index (χ4n) is 4.16. The van der Waals surface area contributed by atoms with Gasteiger partial charge in [0.15, 0.2) is 11.5 Å². The Balaban J connectivity index is 1.35. The number of carbonyl (C=O) groups excluding carboxylic acids is 2. The summed E-state index contributed by atoms with van der Waals surface area (Å²) in [6.07, 6.45) is 1.48. The molecule has 1 aromatic heterocycles. The number of fused-ring (bicyclic) bond motifs is 1. The third-order valence-corrected chi connectivity index (χ3v) is 6.47. The quantitative estimate of drug-likeness (QED) is 0.0871. The molecule has 9 heteroatoms. The lowest BCUT2D eigenvalue weighted by molar-refractivity contribution is 0.0728. The van der Waals surface area contributed by atoms with E-state index >= 15 is 0 Å². The van der Waals surface area contributed by atoms with Crippen molar-refractivity contribution in [1.29, 1.82) is 0 Å². The summed E-state index contributed by atoms with van der Waals surface area (Å²) in [5.74, 6) is -0.340. The molecule has 0 aliphatic carbocycles. The minimum Gasteiger partial charge on any atom is -0.490 e. The molecule has 0 atom stereocenters. The van der Waals surface area contributed by atoms with Crippen LogP contribution in [0.3, 0.4) is 0 Å². The van der Waals surface area contributed by atoms with Crippen LogP contribution in [0.4, 0.5) is 0 Å². The fourth-order valence-corrected chi connectivity index (χ4v) is 4.46. The zero-order valence-electron chi connectivity index (χ0n) is 21.3. The number of nitrogens with zero attached hydrogens (tertiary/aromatic N) is 1. The summed E-state index contributed by atoms with van der Waals surface area (Å²) in [5, 5.41) is 6.06. The number of hydrogen-bond acceptors (Lipinski definition) is 5. The summed E-state index contributed by atoms with van der Waals surface area (Å²) in [7, 11) is 0. The fraction of sp³-hybridized carbons (Fsp3) is 0.0645. The first-order valence-corrected chi connectivity index (χ1v) is 13.1. The molecule has 0 saturated carbocycles. The van der Waals surface area contributed by atoms with Gasteiger partial charge in [-0.05, 0) is 78.7 Å².